The van der Waals surface area contributed by atoms with Crippen molar-refractivity contribution in [2.24, 2.45) is 0 Å². The molecule has 0 radical (unpaired) electrons. The van der Waals surface area contributed by atoms with Gasteiger partial charge in [0, 0.05) is 12.5 Å². The van der Waals surface area contributed by atoms with Gasteiger partial charge in [0.05, 0.1) is 24.9 Å². The second kappa shape index (κ2) is 5.73. The minimum Gasteiger partial charge on any atom is -0.495 e. The van der Waals surface area contributed by atoms with E-state index in [9.17, 15) is 9.59 Å². The molecule has 0 aromatic heterocycles. The van der Waals surface area contributed by atoms with Crippen LogP contribution in [0.15, 0.2) is 6.07 Å². The monoisotopic (exact) mass is 271 g/mol. The van der Waals surface area contributed by atoms with Gasteiger partial charge in [0.2, 0.25) is 5.91 Å². The van der Waals surface area contributed by atoms with E-state index >= 15 is 0 Å². The number of ether oxygens (including phenoxy) is 2. The van der Waals surface area contributed by atoms with Crippen LogP contribution in [0.25, 0.3) is 0 Å². The Morgan fingerprint density at radius 3 is 2.39 bits per heavy atom. The van der Waals surface area contributed by atoms with E-state index in [4.69, 9.17) is 16.3 Å². The molecule has 0 aliphatic carbocycles. The highest BCUT2D eigenvalue weighted by Crippen LogP contribution is 2.36. The number of carbonyl (C=O) groups is 2. The summed E-state index contributed by atoms with van der Waals surface area (Å²) < 4.78 is 9.81. The van der Waals surface area contributed by atoms with Gasteiger partial charge in [-0.15, -0.1) is 0 Å². The van der Waals surface area contributed by atoms with Gasteiger partial charge in [-0.3, -0.25) is 4.79 Å². The maximum absolute atomic E-state index is 11.6. The van der Waals surface area contributed by atoms with E-state index in [2.05, 4.69) is 10.1 Å². The molecule has 0 bridgehead atoms. The average Bonchev–Trinajstić information content (AvgIpc) is 2.32. The van der Waals surface area contributed by atoms with Crippen LogP contribution in [-0.2, 0) is 9.53 Å². The Hall–Kier alpha value is -1.75. The average molecular weight is 272 g/mol. The molecule has 0 saturated heterocycles. The Kier molecular flexibility index (Phi) is 4.55. The first kappa shape index (κ1) is 14.3. The van der Waals surface area contributed by atoms with Crippen LogP contribution in [0.2, 0.25) is 5.02 Å². The maximum Gasteiger partial charge on any atom is 0.341 e. The molecule has 98 valence electrons. The summed E-state index contributed by atoms with van der Waals surface area (Å²) in [4.78, 5) is 22.7. The van der Waals surface area contributed by atoms with Crippen molar-refractivity contribution in [1.29, 1.82) is 0 Å². The molecule has 1 aromatic carbocycles. The summed E-state index contributed by atoms with van der Waals surface area (Å²) >= 11 is 6.03. The summed E-state index contributed by atoms with van der Waals surface area (Å²) in [5.74, 6) is -0.478. The molecule has 6 heteroatoms. The van der Waals surface area contributed by atoms with Gasteiger partial charge in [0.15, 0.2) is 0 Å². The predicted molar refractivity (Wildman–Crippen MR) is 68.4 cm³/mol. The van der Waals surface area contributed by atoms with E-state index in [0.29, 0.717) is 17.0 Å². The molecule has 1 rings (SSSR count). The van der Waals surface area contributed by atoms with Crippen LogP contribution in [0.5, 0.6) is 5.75 Å². The Balaban J connectivity index is 3.44. The van der Waals surface area contributed by atoms with Crippen molar-refractivity contribution in [2.75, 3.05) is 19.5 Å². The molecule has 0 spiro atoms. The third-order valence-electron chi connectivity index (χ3n) is 2.38. The Bertz CT molecular complexity index is 499. The van der Waals surface area contributed by atoms with Gasteiger partial charge >= 0.3 is 5.97 Å². The number of rotatable bonds is 3. The molecule has 0 saturated carbocycles. The molecule has 0 heterocycles. The summed E-state index contributed by atoms with van der Waals surface area (Å²) in [6.07, 6.45) is 0. The number of nitrogens with one attached hydrogen (secondary N) is 1. The fraction of sp³-hybridized carbons (Fsp3) is 0.333. The molecule has 1 N–H and O–H groups in total. The summed E-state index contributed by atoms with van der Waals surface area (Å²) in [6, 6.07) is 1.41. The number of anilines is 1. The van der Waals surface area contributed by atoms with E-state index in [1.54, 1.807) is 6.92 Å². The molecule has 1 aromatic rings. The first-order valence-corrected chi connectivity index (χ1v) is 5.53. The van der Waals surface area contributed by atoms with Crippen molar-refractivity contribution >= 4 is 29.2 Å². The molecule has 0 atom stereocenters. The zero-order valence-electron chi connectivity index (χ0n) is 10.6. The van der Waals surface area contributed by atoms with Crippen LogP contribution in [0.3, 0.4) is 0 Å². The van der Waals surface area contributed by atoms with Crippen molar-refractivity contribution < 1.29 is 19.1 Å². The lowest BCUT2D eigenvalue weighted by atomic mass is 10.1. The standard InChI is InChI=1S/C12H14ClNO4/c1-6-10(14-7(2)15)9(13)5-8(11(6)17-3)12(16)18-4/h5H,1-4H3,(H,14,15). The molecule has 18 heavy (non-hydrogen) atoms. The lowest BCUT2D eigenvalue weighted by molar-refractivity contribution is -0.114. The smallest absolute Gasteiger partial charge is 0.341 e. The fourth-order valence-electron chi connectivity index (χ4n) is 1.61. The molecule has 0 aliphatic heterocycles. The normalized spacial score (nSPS) is 9.83. The summed E-state index contributed by atoms with van der Waals surface area (Å²) in [7, 11) is 2.70. The number of methoxy groups -OCH3 is 2. The van der Waals surface area contributed by atoms with E-state index in [0.717, 1.165) is 0 Å². The Labute approximate surface area is 110 Å². The second-order valence-corrected chi connectivity index (χ2v) is 4.02. The quantitative estimate of drug-likeness (QED) is 0.858. The lowest BCUT2D eigenvalue weighted by Gasteiger charge is -2.15. The van der Waals surface area contributed by atoms with Gasteiger partial charge in [0.1, 0.15) is 11.3 Å². The molecular weight excluding hydrogens is 258 g/mol. The van der Waals surface area contributed by atoms with Gasteiger partial charge in [-0.25, -0.2) is 4.79 Å². The fourth-order valence-corrected chi connectivity index (χ4v) is 1.91. The van der Waals surface area contributed by atoms with Crippen LogP contribution < -0.4 is 10.1 Å². The van der Waals surface area contributed by atoms with Crippen LogP contribution in [0.4, 0.5) is 5.69 Å². The Morgan fingerprint density at radius 2 is 1.94 bits per heavy atom. The van der Waals surface area contributed by atoms with Gasteiger partial charge in [-0.2, -0.15) is 0 Å². The van der Waals surface area contributed by atoms with E-state index < -0.39 is 5.97 Å². The minimum absolute atomic E-state index is 0.219. The number of benzene rings is 1. The Morgan fingerprint density at radius 1 is 1.33 bits per heavy atom. The van der Waals surface area contributed by atoms with Crippen molar-refractivity contribution in [3.05, 3.63) is 22.2 Å². The van der Waals surface area contributed by atoms with Crippen molar-refractivity contribution in [1.82, 2.24) is 0 Å². The van der Waals surface area contributed by atoms with Gasteiger partial charge in [-0.1, -0.05) is 11.6 Å². The third kappa shape index (κ3) is 2.73. The maximum atomic E-state index is 11.6. The number of carbonyl (C=O) groups excluding carboxylic acids is 2. The molecule has 1 amide bonds. The number of hydrogen-bond acceptors (Lipinski definition) is 4. The minimum atomic E-state index is -0.550. The van der Waals surface area contributed by atoms with Crippen LogP contribution >= 0.6 is 11.6 Å². The number of hydrogen-bond donors (Lipinski definition) is 1. The molecule has 0 fully saturated rings. The molecule has 0 aliphatic rings. The van der Waals surface area contributed by atoms with Gasteiger partial charge in [0.25, 0.3) is 0 Å². The van der Waals surface area contributed by atoms with E-state index in [1.165, 1.54) is 27.2 Å². The highest BCUT2D eigenvalue weighted by molar-refractivity contribution is 6.34. The largest absolute Gasteiger partial charge is 0.495 e. The number of halogens is 1. The summed E-state index contributed by atoms with van der Waals surface area (Å²) in [5.41, 5.74) is 1.21. The molecular formula is C12H14ClNO4. The van der Waals surface area contributed by atoms with Crippen molar-refractivity contribution in [3.8, 4) is 5.75 Å². The zero-order valence-corrected chi connectivity index (χ0v) is 11.3. The summed E-state index contributed by atoms with van der Waals surface area (Å²) in [5, 5.41) is 2.85. The zero-order chi connectivity index (χ0) is 13.9. The van der Waals surface area contributed by atoms with E-state index in [1.807, 2.05) is 0 Å². The van der Waals surface area contributed by atoms with Crippen molar-refractivity contribution in [3.63, 3.8) is 0 Å². The van der Waals surface area contributed by atoms with Crippen LogP contribution in [0, 0.1) is 6.92 Å². The lowest BCUT2D eigenvalue weighted by Crippen LogP contribution is -2.11. The SMILES string of the molecule is COC(=O)c1cc(Cl)c(NC(C)=O)c(C)c1OC. The van der Waals surface area contributed by atoms with E-state index in [-0.39, 0.29) is 16.5 Å². The first-order chi connectivity index (χ1) is 8.42. The van der Waals surface area contributed by atoms with Gasteiger partial charge < -0.3 is 14.8 Å². The molecule has 0 unspecified atom stereocenters. The van der Waals surface area contributed by atoms with Crippen LogP contribution in [-0.4, -0.2) is 26.1 Å². The number of esters is 1. The van der Waals surface area contributed by atoms with Crippen molar-refractivity contribution in [2.45, 2.75) is 13.8 Å². The third-order valence-corrected chi connectivity index (χ3v) is 2.68. The summed E-state index contributed by atoms with van der Waals surface area (Å²) in [6.45, 7) is 3.07. The molecule has 5 nitrogen and oxygen atoms in total. The second-order valence-electron chi connectivity index (χ2n) is 3.61. The van der Waals surface area contributed by atoms with Crippen LogP contribution in [0.1, 0.15) is 22.8 Å². The van der Waals surface area contributed by atoms with Gasteiger partial charge in [-0.05, 0) is 13.0 Å². The number of amides is 1. The highest BCUT2D eigenvalue weighted by Gasteiger charge is 2.20. The topological polar surface area (TPSA) is 64.6 Å². The highest BCUT2D eigenvalue weighted by atomic mass is 35.5. The predicted octanol–water partition coefficient (Wildman–Crippen LogP) is 2.40. The first-order valence-electron chi connectivity index (χ1n) is 5.15.